The summed E-state index contributed by atoms with van der Waals surface area (Å²) in [5, 5.41) is 0. The van der Waals surface area contributed by atoms with Crippen molar-refractivity contribution in [2.45, 2.75) is 103 Å². The van der Waals surface area contributed by atoms with E-state index < -0.39 is 23.2 Å². The van der Waals surface area contributed by atoms with E-state index in [1.165, 1.54) is 32.1 Å². The van der Waals surface area contributed by atoms with Crippen molar-refractivity contribution in [3.8, 4) is 0 Å². The Labute approximate surface area is 250 Å². The molecule has 2 saturated heterocycles. The first kappa shape index (κ1) is 28.5. The fourth-order valence-electron chi connectivity index (χ4n) is 11.2. The predicted molar refractivity (Wildman–Crippen MR) is 158 cm³/mol. The zero-order valence-electron chi connectivity index (χ0n) is 25.7. The van der Waals surface area contributed by atoms with Crippen LogP contribution in [0.1, 0.15) is 79.6 Å². The number of carbonyl (C=O) groups excluding carboxylic acids is 3. The maximum absolute atomic E-state index is 14.4. The molecule has 0 aromatic rings. The van der Waals surface area contributed by atoms with Crippen molar-refractivity contribution in [2.24, 2.45) is 53.3 Å². The summed E-state index contributed by atoms with van der Waals surface area (Å²) in [7, 11) is 0. The highest BCUT2D eigenvalue weighted by atomic mass is 32.2. The normalized spacial score (nSPS) is 44.7. The van der Waals surface area contributed by atoms with Crippen LogP contribution in [0.4, 0.5) is 0 Å². The fourth-order valence-corrected chi connectivity index (χ4v) is 12.2. The third-order valence-electron chi connectivity index (χ3n) is 12.5. The maximum atomic E-state index is 14.4. The van der Waals surface area contributed by atoms with Gasteiger partial charge in [0, 0.05) is 42.6 Å². The number of carbonyl (C=O) groups is 3. The molecule has 0 aromatic heterocycles. The second kappa shape index (κ2) is 10.1. The van der Waals surface area contributed by atoms with Gasteiger partial charge >= 0.3 is 11.9 Å². The Kier molecular flexibility index (Phi) is 7.04. The van der Waals surface area contributed by atoms with Gasteiger partial charge < -0.3 is 19.3 Å². The van der Waals surface area contributed by atoms with E-state index in [0.29, 0.717) is 24.8 Å². The Hall–Kier alpha value is -1.28. The fraction of sp³-hybridized carbons (Fsp3) is 0.909. The molecule has 41 heavy (non-hydrogen) atoms. The van der Waals surface area contributed by atoms with Crippen LogP contribution in [0.5, 0.6) is 0 Å². The zero-order valence-corrected chi connectivity index (χ0v) is 26.5. The average Bonchev–Trinajstić information content (AvgIpc) is 3.52. The number of rotatable bonds is 7. The summed E-state index contributed by atoms with van der Waals surface area (Å²) >= 11 is 1.96. The van der Waals surface area contributed by atoms with Crippen LogP contribution in [0.25, 0.3) is 0 Å². The van der Waals surface area contributed by atoms with Gasteiger partial charge in [-0.25, -0.2) is 0 Å². The Morgan fingerprint density at radius 1 is 0.976 bits per heavy atom. The summed E-state index contributed by atoms with van der Waals surface area (Å²) in [5.41, 5.74) is -0.824. The van der Waals surface area contributed by atoms with Gasteiger partial charge in [0.25, 0.3) is 0 Å². The van der Waals surface area contributed by atoms with Gasteiger partial charge in [-0.1, -0.05) is 13.8 Å². The molecule has 6 atom stereocenters. The molecular weight excluding hydrogens is 536 g/mol. The van der Waals surface area contributed by atoms with Crippen molar-refractivity contribution in [3.63, 3.8) is 0 Å². The Morgan fingerprint density at radius 3 is 2.20 bits per heavy atom. The molecule has 2 aliphatic heterocycles. The van der Waals surface area contributed by atoms with Crippen molar-refractivity contribution in [1.29, 1.82) is 0 Å². The Bertz CT molecular complexity index is 1050. The van der Waals surface area contributed by atoms with E-state index in [9.17, 15) is 14.4 Å². The molecule has 2 heterocycles. The largest absolute Gasteiger partial charge is 0.460 e. The van der Waals surface area contributed by atoms with Crippen LogP contribution in [-0.4, -0.2) is 82.1 Å². The minimum Gasteiger partial charge on any atom is -0.460 e. The summed E-state index contributed by atoms with van der Waals surface area (Å²) in [6, 6.07) is -0.142. The Balaban J connectivity index is 1.14. The lowest BCUT2D eigenvalue weighted by Crippen LogP contribution is -2.63. The monoisotopic (exact) mass is 586 g/mol. The standard InChI is InChI=1S/C33H50N2O5S/c1-18(2)33(21-13-19-12-20(15-21)16-22(33)14-19)40-31(38)27-24-17-23-26(27)30(37)35(32(3,4)5)28(23)29(24)39-25(36)6-7-34-8-10-41-11-9-34/h18-24,26-29H,6-17H2,1-5H3. The number of thioether (sulfide) groups is 1. The molecular formula is C33H50N2O5S. The van der Waals surface area contributed by atoms with Gasteiger partial charge in [0.15, 0.2) is 0 Å². The summed E-state index contributed by atoms with van der Waals surface area (Å²) in [5.74, 6) is 3.63. The quantitative estimate of drug-likeness (QED) is 0.403. The SMILES string of the molecule is CC(C)C1(OC(=O)C2C3CC4C2C(=O)N(C(C)(C)C)C4C3OC(=O)CCN2CCSCC2)C2CC3CC(C2)CC1C3. The zero-order chi connectivity index (χ0) is 28.8. The van der Waals surface area contributed by atoms with Gasteiger partial charge in [-0.2, -0.15) is 11.8 Å². The molecule has 0 spiro atoms. The number of esters is 2. The number of likely N-dealkylation sites (tertiary alicyclic amines) is 1. The maximum Gasteiger partial charge on any atom is 0.310 e. The van der Waals surface area contributed by atoms with Gasteiger partial charge in [0.1, 0.15) is 11.7 Å². The van der Waals surface area contributed by atoms with Crippen LogP contribution < -0.4 is 0 Å². The second-order valence-corrected chi connectivity index (χ2v) is 17.1. The molecule has 8 heteroatoms. The molecule has 0 N–H and O–H groups in total. The van der Waals surface area contributed by atoms with E-state index in [4.69, 9.17) is 9.47 Å². The number of hydrogen-bond acceptors (Lipinski definition) is 7. The van der Waals surface area contributed by atoms with E-state index >= 15 is 0 Å². The minimum absolute atomic E-state index is 0.0506. The summed E-state index contributed by atoms with van der Waals surface area (Å²) in [4.78, 5) is 46.1. The molecule has 6 unspecified atom stereocenters. The highest BCUT2D eigenvalue weighted by Crippen LogP contribution is 2.64. The van der Waals surface area contributed by atoms with E-state index in [1.807, 2.05) is 16.7 Å². The lowest BCUT2D eigenvalue weighted by atomic mass is 9.47. The van der Waals surface area contributed by atoms with Crippen LogP contribution in [0.3, 0.4) is 0 Å². The molecule has 228 valence electrons. The predicted octanol–water partition coefficient (Wildman–Crippen LogP) is 4.62. The highest BCUT2D eigenvalue weighted by molar-refractivity contribution is 7.99. The molecule has 1 amide bonds. The van der Waals surface area contributed by atoms with Crippen LogP contribution in [0, 0.1) is 53.3 Å². The van der Waals surface area contributed by atoms with Crippen LogP contribution in [0.2, 0.25) is 0 Å². The first-order valence-electron chi connectivity index (χ1n) is 16.5. The Morgan fingerprint density at radius 2 is 1.61 bits per heavy atom. The first-order valence-corrected chi connectivity index (χ1v) is 17.7. The van der Waals surface area contributed by atoms with Gasteiger partial charge in [-0.05, 0) is 94.8 Å². The van der Waals surface area contributed by atoms with Crippen molar-refractivity contribution in [2.75, 3.05) is 31.1 Å². The van der Waals surface area contributed by atoms with Crippen molar-refractivity contribution < 1.29 is 23.9 Å². The molecule has 0 aromatic carbocycles. The van der Waals surface area contributed by atoms with Gasteiger partial charge in [-0.3, -0.25) is 14.4 Å². The van der Waals surface area contributed by atoms with Gasteiger partial charge in [0.2, 0.25) is 5.91 Å². The minimum atomic E-state index is -0.513. The summed E-state index contributed by atoms with van der Waals surface area (Å²) < 4.78 is 13.2. The molecule has 8 rings (SSSR count). The van der Waals surface area contributed by atoms with Gasteiger partial charge in [0.05, 0.1) is 24.3 Å². The van der Waals surface area contributed by atoms with E-state index in [-0.39, 0.29) is 47.6 Å². The highest BCUT2D eigenvalue weighted by Gasteiger charge is 2.73. The summed E-state index contributed by atoms with van der Waals surface area (Å²) in [6.07, 6.45) is 6.74. The van der Waals surface area contributed by atoms with Crippen molar-refractivity contribution in [1.82, 2.24) is 9.80 Å². The van der Waals surface area contributed by atoms with E-state index in [0.717, 1.165) is 42.9 Å². The lowest BCUT2D eigenvalue weighted by Gasteiger charge is -2.62. The third kappa shape index (κ3) is 4.42. The second-order valence-electron chi connectivity index (χ2n) is 15.9. The molecule has 6 bridgehead atoms. The molecule has 0 radical (unpaired) electrons. The van der Waals surface area contributed by atoms with Crippen molar-refractivity contribution >= 4 is 29.6 Å². The third-order valence-corrected chi connectivity index (χ3v) is 13.4. The summed E-state index contributed by atoms with van der Waals surface area (Å²) in [6.45, 7) is 13.4. The average molecular weight is 587 g/mol. The number of nitrogens with zero attached hydrogens (tertiary/aromatic N) is 2. The number of hydrogen-bond donors (Lipinski definition) is 0. The van der Waals surface area contributed by atoms with Crippen molar-refractivity contribution in [3.05, 3.63) is 0 Å². The van der Waals surface area contributed by atoms with Crippen LogP contribution >= 0.6 is 11.8 Å². The molecule has 7 nitrogen and oxygen atoms in total. The molecule has 8 aliphatic rings. The number of amides is 1. The van der Waals surface area contributed by atoms with Gasteiger partial charge in [-0.15, -0.1) is 0 Å². The van der Waals surface area contributed by atoms with E-state index in [2.05, 4.69) is 39.5 Å². The topological polar surface area (TPSA) is 76.1 Å². The lowest BCUT2D eigenvalue weighted by molar-refractivity contribution is -0.231. The number of ether oxygens (including phenoxy) is 2. The van der Waals surface area contributed by atoms with Crippen LogP contribution in [0.15, 0.2) is 0 Å². The van der Waals surface area contributed by atoms with Crippen LogP contribution in [-0.2, 0) is 23.9 Å². The number of fused-ring (bicyclic) bond motifs is 1. The molecule has 6 aliphatic carbocycles. The molecule has 6 saturated carbocycles. The molecule has 8 fully saturated rings. The van der Waals surface area contributed by atoms with E-state index in [1.54, 1.807) is 0 Å². The first-order chi connectivity index (χ1) is 19.5. The smallest absolute Gasteiger partial charge is 0.310 e.